The van der Waals surface area contributed by atoms with E-state index in [0.717, 1.165) is 120 Å². The zero-order valence-corrected chi connectivity index (χ0v) is 40.3. The maximum Gasteiger partial charge on any atom is 0.356 e. The lowest BCUT2D eigenvalue weighted by Gasteiger charge is -2.25. The SMILES string of the molecule is COc1c(Br)cc(CCCCCCCCCC(=O)O[C@H](COC(=O)CCCCCCCCCC(=O)c2ccc3cc4ccccc4cc3c2)COC(C(O)CO)P(=O)(O)O)cc1Br. The minimum Gasteiger partial charge on any atom is -0.494 e. The van der Waals surface area contributed by atoms with Crippen molar-refractivity contribution in [1.29, 1.82) is 0 Å². The zero-order chi connectivity index (χ0) is 45.6. The van der Waals surface area contributed by atoms with Gasteiger partial charge in [-0.3, -0.25) is 18.9 Å². The van der Waals surface area contributed by atoms with Crippen molar-refractivity contribution in [2.45, 2.75) is 134 Å². The molecule has 12 nitrogen and oxygen atoms in total. The van der Waals surface area contributed by atoms with E-state index in [1.807, 2.05) is 30.3 Å². The Morgan fingerprint density at radius 1 is 0.651 bits per heavy atom. The number of Topliss-reactive ketones (excluding diaryl/α,β-unsaturated/α-hetero) is 1. The Morgan fingerprint density at radius 3 is 1.75 bits per heavy atom. The van der Waals surface area contributed by atoms with Crippen LogP contribution >= 0.6 is 39.5 Å². The molecule has 0 aromatic heterocycles. The molecule has 0 fully saturated rings. The third kappa shape index (κ3) is 18.7. The number of hydrogen-bond donors (Lipinski definition) is 4. The highest BCUT2D eigenvalue weighted by atomic mass is 79.9. The molecule has 0 aliphatic carbocycles. The smallest absolute Gasteiger partial charge is 0.356 e. The fraction of sp³-hybridized carbons (Fsp3) is 0.521. The van der Waals surface area contributed by atoms with E-state index in [-0.39, 0.29) is 18.6 Å². The molecule has 346 valence electrons. The Hall–Kier alpha value is -3.20. The Morgan fingerprint density at radius 2 is 1.17 bits per heavy atom. The van der Waals surface area contributed by atoms with Crippen molar-refractivity contribution in [2.24, 2.45) is 0 Å². The summed E-state index contributed by atoms with van der Waals surface area (Å²) in [6, 6.07) is 22.5. The molecular formula is C48H63Br2O12P. The highest BCUT2D eigenvalue weighted by molar-refractivity contribution is 9.11. The van der Waals surface area contributed by atoms with Gasteiger partial charge in [0.1, 0.15) is 18.5 Å². The first-order valence-corrected chi connectivity index (χ1v) is 25.3. The number of rotatable bonds is 31. The number of carbonyl (C=O) groups excluding carboxylic acids is 3. The molecule has 4 aromatic rings. The van der Waals surface area contributed by atoms with Gasteiger partial charge in [0.2, 0.25) is 0 Å². The van der Waals surface area contributed by atoms with Crippen molar-refractivity contribution in [1.82, 2.24) is 0 Å². The number of aliphatic hydroxyl groups is 2. The topological polar surface area (TPSA) is 186 Å². The monoisotopic (exact) mass is 1020 g/mol. The summed E-state index contributed by atoms with van der Waals surface area (Å²) in [4.78, 5) is 57.5. The van der Waals surface area contributed by atoms with Crippen LogP contribution in [0.2, 0.25) is 0 Å². The van der Waals surface area contributed by atoms with Crippen molar-refractivity contribution >= 4 is 78.7 Å². The lowest BCUT2D eigenvalue weighted by molar-refractivity contribution is -0.164. The Balaban J connectivity index is 1.08. The molecule has 0 amide bonds. The van der Waals surface area contributed by atoms with E-state index in [1.165, 1.54) is 10.9 Å². The van der Waals surface area contributed by atoms with E-state index >= 15 is 0 Å². The van der Waals surface area contributed by atoms with Gasteiger partial charge < -0.3 is 38.9 Å². The Labute approximate surface area is 387 Å². The Bertz CT molecular complexity index is 2080. The first-order valence-electron chi connectivity index (χ1n) is 22.1. The van der Waals surface area contributed by atoms with E-state index in [2.05, 4.69) is 68.3 Å². The molecule has 63 heavy (non-hydrogen) atoms. The number of aliphatic hydroxyl groups excluding tert-OH is 2. The molecule has 0 heterocycles. The second-order valence-electron chi connectivity index (χ2n) is 16.1. The fourth-order valence-electron chi connectivity index (χ4n) is 7.48. The summed E-state index contributed by atoms with van der Waals surface area (Å²) in [6.45, 7) is -1.92. The number of ketones is 1. The molecule has 2 unspecified atom stereocenters. The van der Waals surface area contributed by atoms with Crippen molar-refractivity contribution < 1.29 is 57.9 Å². The number of unbranched alkanes of at least 4 members (excludes halogenated alkanes) is 12. The normalized spacial score (nSPS) is 13.2. The molecule has 3 atom stereocenters. The van der Waals surface area contributed by atoms with Gasteiger partial charge >= 0.3 is 19.5 Å². The quantitative estimate of drug-likeness (QED) is 0.0123. The molecule has 4 N–H and O–H groups in total. The van der Waals surface area contributed by atoms with E-state index in [4.69, 9.17) is 18.9 Å². The summed E-state index contributed by atoms with van der Waals surface area (Å²) >= 11 is 7.09. The van der Waals surface area contributed by atoms with Crippen molar-refractivity contribution in [3.05, 3.63) is 86.8 Å². The van der Waals surface area contributed by atoms with Gasteiger partial charge in [-0.25, -0.2) is 0 Å². The van der Waals surface area contributed by atoms with Crippen LogP contribution in [0.3, 0.4) is 0 Å². The van der Waals surface area contributed by atoms with Crippen LogP contribution in [0.1, 0.15) is 125 Å². The van der Waals surface area contributed by atoms with Crippen LogP contribution in [0.5, 0.6) is 5.75 Å². The maximum absolute atomic E-state index is 12.9. The minimum absolute atomic E-state index is 0.103. The summed E-state index contributed by atoms with van der Waals surface area (Å²) in [6.07, 6.45) is 11.3. The van der Waals surface area contributed by atoms with Crippen LogP contribution in [-0.4, -0.2) is 82.7 Å². The molecule has 0 bridgehead atoms. The number of ether oxygens (including phenoxy) is 4. The zero-order valence-electron chi connectivity index (χ0n) is 36.2. The third-order valence-electron chi connectivity index (χ3n) is 10.9. The van der Waals surface area contributed by atoms with Gasteiger partial charge in [0.25, 0.3) is 0 Å². The van der Waals surface area contributed by atoms with Gasteiger partial charge in [-0.15, -0.1) is 0 Å². The highest BCUT2D eigenvalue weighted by Gasteiger charge is 2.37. The lowest BCUT2D eigenvalue weighted by atomic mass is 9.98. The predicted octanol–water partition coefficient (Wildman–Crippen LogP) is 10.9. The number of hydrogen-bond acceptors (Lipinski definition) is 10. The van der Waals surface area contributed by atoms with Crippen molar-refractivity contribution in [2.75, 3.05) is 26.9 Å². The number of methoxy groups -OCH3 is 1. The van der Waals surface area contributed by atoms with Crippen LogP contribution in [-0.2, 0) is 34.8 Å². The number of carbonyl (C=O) groups is 3. The average Bonchev–Trinajstić information content (AvgIpc) is 3.25. The summed E-state index contributed by atoms with van der Waals surface area (Å²) in [5.74, 6) is -2.21. The van der Waals surface area contributed by atoms with Crippen LogP contribution in [0.15, 0.2) is 75.7 Å². The number of fused-ring (bicyclic) bond motifs is 2. The molecule has 0 aliphatic rings. The van der Waals surface area contributed by atoms with E-state index in [1.54, 1.807) is 7.11 Å². The molecule has 4 rings (SSSR count). The van der Waals surface area contributed by atoms with Gasteiger partial charge in [0.15, 0.2) is 17.7 Å². The standard InChI is InChI=1S/C48H63Br2O12P/c1-59-47-41(49)26-34(27-42(47)50)18-12-8-4-2-7-11-15-23-46(55)62-40(33-61-48(44(53)31-51)63(56,57)58)32-60-45(54)22-14-10-6-3-5-9-13-21-43(52)38-25-24-37-28-35-19-16-17-20-36(35)29-39(37)30-38/h16-17,19-20,24-30,40,44,48,51,53H,2-15,18,21-23,31-33H2,1H3,(H2,56,57,58)/t40-,44?,48?/m1/s1. The fourth-order valence-corrected chi connectivity index (χ4v) is 9.91. The Kier molecular flexibility index (Phi) is 23.3. The highest BCUT2D eigenvalue weighted by Crippen LogP contribution is 2.43. The van der Waals surface area contributed by atoms with Gasteiger partial charge in [-0.2, -0.15) is 0 Å². The van der Waals surface area contributed by atoms with Gasteiger partial charge in [0, 0.05) is 24.8 Å². The molecule has 0 saturated carbocycles. The molecular weight excluding hydrogens is 959 g/mol. The minimum atomic E-state index is -5.00. The molecule has 0 radical (unpaired) electrons. The number of halogens is 2. The summed E-state index contributed by atoms with van der Waals surface area (Å²) < 4.78 is 35.2. The second-order valence-corrected chi connectivity index (χ2v) is 19.5. The maximum atomic E-state index is 12.9. The van der Waals surface area contributed by atoms with E-state index < -0.39 is 57.4 Å². The molecule has 15 heteroatoms. The molecule has 0 spiro atoms. The number of benzene rings is 4. The predicted molar refractivity (Wildman–Crippen MR) is 252 cm³/mol. The summed E-state index contributed by atoms with van der Waals surface area (Å²) in [7, 11) is -3.37. The first-order chi connectivity index (χ1) is 30.3. The van der Waals surface area contributed by atoms with Crippen molar-refractivity contribution in [3.8, 4) is 5.75 Å². The van der Waals surface area contributed by atoms with E-state index in [9.17, 15) is 38.9 Å². The second kappa shape index (κ2) is 28.0. The summed E-state index contributed by atoms with van der Waals surface area (Å²) in [5, 5.41) is 23.7. The number of aryl methyl sites for hydroxylation is 1. The van der Waals surface area contributed by atoms with Crippen LogP contribution in [0, 0.1) is 0 Å². The molecule has 0 saturated heterocycles. The third-order valence-corrected chi connectivity index (χ3v) is 13.3. The van der Waals surface area contributed by atoms with Crippen molar-refractivity contribution in [3.63, 3.8) is 0 Å². The van der Waals surface area contributed by atoms with Crippen LogP contribution in [0.25, 0.3) is 21.5 Å². The number of esters is 2. The largest absolute Gasteiger partial charge is 0.494 e. The summed E-state index contributed by atoms with van der Waals surface area (Å²) in [5.41, 5.74) is 1.96. The van der Waals surface area contributed by atoms with Crippen LogP contribution in [0.4, 0.5) is 0 Å². The van der Waals surface area contributed by atoms with Gasteiger partial charge in [0.05, 0.1) is 29.3 Å². The van der Waals surface area contributed by atoms with E-state index in [0.29, 0.717) is 19.3 Å². The first kappa shape index (κ1) is 52.4. The lowest BCUT2D eigenvalue weighted by Crippen LogP contribution is -2.37. The molecule has 4 aromatic carbocycles. The van der Waals surface area contributed by atoms with Gasteiger partial charge in [-0.05, 0) is 121 Å². The molecule has 0 aliphatic heterocycles. The average molecular weight is 1020 g/mol. The van der Waals surface area contributed by atoms with Crippen LogP contribution < -0.4 is 4.74 Å². The van der Waals surface area contributed by atoms with Gasteiger partial charge in [-0.1, -0.05) is 101 Å².